The monoisotopic (exact) mass is 236 g/mol. The Morgan fingerprint density at radius 1 is 0.824 bits per heavy atom. The quantitative estimate of drug-likeness (QED) is 0.828. The molecule has 0 saturated heterocycles. The van der Waals surface area contributed by atoms with Gasteiger partial charge in [0.15, 0.2) is 0 Å². The van der Waals surface area contributed by atoms with Gasteiger partial charge in [-0.2, -0.15) is 0 Å². The van der Waals surface area contributed by atoms with Crippen LogP contribution in [-0.2, 0) is 0 Å². The van der Waals surface area contributed by atoms with E-state index >= 15 is 0 Å². The van der Waals surface area contributed by atoms with Crippen LogP contribution in [0, 0.1) is 6.92 Å². The van der Waals surface area contributed by atoms with Crippen LogP contribution >= 0.6 is 0 Å². The summed E-state index contributed by atoms with van der Waals surface area (Å²) in [4.78, 5) is 8.77. The highest BCUT2D eigenvalue weighted by molar-refractivity contribution is 5.49. The summed E-state index contributed by atoms with van der Waals surface area (Å²) >= 11 is 0. The lowest BCUT2D eigenvalue weighted by molar-refractivity contribution is 0.624. The highest BCUT2D eigenvalue weighted by Crippen LogP contribution is 2.18. The van der Waals surface area contributed by atoms with E-state index in [1.807, 2.05) is 13.0 Å². The second kappa shape index (κ2) is 4.51. The van der Waals surface area contributed by atoms with Crippen molar-refractivity contribution in [2.45, 2.75) is 59.5 Å². The molecule has 0 unspecified atom stereocenters. The molecule has 0 atom stereocenters. The Labute approximate surface area is 104 Å². The van der Waals surface area contributed by atoms with Crippen LogP contribution in [0.15, 0.2) is 6.07 Å². The number of nitrogens with zero attached hydrogens (tertiary/aromatic N) is 2. The number of anilines is 2. The van der Waals surface area contributed by atoms with Crippen LogP contribution in [0.25, 0.3) is 0 Å². The zero-order valence-electron chi connectivity index (χ0n) is 12.0. The van der Waals surface area contributed by atoms with Crippen LogP contribution in [-0.4, -0.2) is 21.0 Å². The van der Waals surface area contributed by atoms with E-state index in [4.69, 9.17) is 0 Å². The third-order valence-electron chi connectivity index (χ3n) is 1.84. The molecule has 0 aliphatic carbocycles. The normalized spacial score (nSPS) is 12.4. The molecular formula is C13H24N4. The van der Waals surface area contributed by atoms with E-state index in [1.54, 1.807) is 0 Å². The summed E-state index contributed by atoms with van der Waals surface area (Å²) in [6.07, 6.45) is 0. The van der Waals surface area contributed by atoms with E-state index in [2.05, 4.69) is 62.1 Å². The molecule has 0 bridgehead atoms. The van der Waals surface area contributed by atoms with E-state index in [0.717, 1.165) is 17.5 Å². The third kappa shape index (κ3) is 5.52. The number of hydrogen-bond acceptors (Lipinski definition) is 4. The first-order valence-electron chi connectivity index (χ1n) is 5.97. The maximum atomic E-state index is 4.39. The molecule has 1 heterocycles. The zero-order chi connectivity index (χ0) is 13.3. The minimum atomic E-state index is -0.000203. The van der Waals surface area contributed by atoms with Crippen molar-refractivity contribution < 1.29 is 0 Å². The van der Waals surface area contributed by atoms with Crippen LogP contribution < -0.4 is 10.6 Å². The van der Waals surface area contributed by atoms with E-state index in [9.17, 15) is 0 Å². The van der Waals surface area contributed by atoms with Gasteiger partial charge in [-0.25, -0.2) is 9.97 Å². The number of aryl methyl sites for hydroxylation is 1. The number of nitrogens with one attached hydrogen (secondary N) is 2. The standard InChI is InChI=1S/C13H24N4/c1-9-14-10(16-12(2,3)4)8-11(15-9)17-13(5,6)7/h8H,1-7H3,(H2,14,15,16,17). The van der Waals surface area contributed by atoms with Crippen LogP contribution in [0.5, 0.6) is 0 Å². The summed E-state index contributed by atoms with van der Waals surface area (Å²) in [5.74, 6) is 2.49. The highest BCUT2D eigenvalue weighted by atomic mass is 15.1. The van der Waals surface area contributed by atoms with Gasteiger partial charge >= 0.3 is 0 Å². The second-order valence-corrected chi connectivity index (χ2v) is 6.44. The van der Waals surface area contributed by atoms with Crippen molar-refractivity contribution in [2.75, 3.05) is 10.6 Å². The lowest BCUT2D eigenvalue weighted by Gasteiger charge is -2.24. The molecule has 0 saturated carbocycles. The van der Waals surface area contributed by atoms with Crippen molar-refractivity contribution in [2.24, 2.45) is 0 Å². The molecule has 2 N–H and O–H groups in total. The SMILES string of the molecule is Cc1nc(NC(C)(C)C)cc(NC(C)(C)C)n1. The Morgan fingerprint density at radius 2 is 1.18 bits per heavy atom. The van der Waals surface area contributed by atoms with Gasteiger partial charge in [-0.3, -0.25) is 0 Å². The second-order valence-electron chi connectivity index (χ2n) is 6.44. The Hall–Kier alpha value is -1.32. The van der Waals surface area contributed by atoms with Gasteiger partial charge in [0.1, 0.15) is 17.5 Å². The first-order chi connectivity index (χ1) is 7.55. The van der Waals surface area contributed by atoms with Crippen LogP contribution in [0.4, 0.5) is 11.6 Å². The molecule has 0 radical (unpaired) electrons. The number of rotatable bonds is 2. The van der Waals surface area contributed by atoms with Crippen molar-refractivity contribution in [3.63, 3.8) is 0 Å². The lowest BCUT2D eigenvalue weighted by Crippen LogP contribution is -2.29. The summed E-state index contributed by atoms with van der Waals surface area (Å²) in [5.41, 5.74) is -0.000405. The minimum absolute atomic E-state index is 0.000203. The van der Waals surface area contributed by atoms with Gasteiger partial charge in [0.25, 0.3) is 0 Å². The average Bonchev–Trinajstić information content (AvgIpc) is 1.93. The van der Waals surface area contributed by atoms with Gasteiger partial charge in [-0.05, 0) is 48.5 Å². The van der Waals surface area contributed by atoms with Crippen molar-refractivity contribution in [1.29, 1.82) is 0 Å². The van der Waals surface area contributed by atoms with Crippen molar-refractivity contribution in [3.05, 3.63) is 11.9 Å². The van der Waals surface area contributed by atoms with Crippen molar-refractivity contribution >= 4 is 11.6 Å². The first kappa shape index (κ1) is 13.7. The summed E-state index contributed by atoms with van der Waals surface area (Å²) in [7, 11) is 0. The molecule has 1 aromatic heterocycles. The summed E-state index contributed by atoms with van der Waals surface area (Å²) in [6.45, 7) is 14.6. The molecule has 0 aromatic carbocycles. The van der Waals surface area contributed by atoms with Crippen LogP contribution in [0.3, 0.4) is 0 Å². The topological polar surface area (TPSA) is 49.8 Å². The molecule has 0 spiro atoms. The van der Waals surface area contributed by atoms with Gasteiger partial charge in [0, 0.05) is 17.1 Å². The van der Waals surface area contributed by atoms with E-state index in [1.165, 1.54) is 0 Å². The predicted molar refractivity (Wildman–Crippen MR) is 73.5 cm³/mol. The predicted octanol–water partition coefficient (Wildman–Crippen LogP) is 3.21. The molecular weight excluding hydrogens is 212 g/mol. The van der Waals surface area contributed by atoms with Crippen LogP contribution in [0.2, 0.25) is 0 Å². The van der Waals surface area contributed by atoms with Gasteiger partial charge in [-0.15, -0.1) is 0 Å². The Balaban J connectivity index is 2.95. The molecule has 0 aliphatic rings. The molecule has 17 heavy (non-hydrogen) atoms. The molecule has 96 valence electrons. The fourth-order valence-electron chi connectivity index (χ4n) is 1.46. The molecule has 0 amide bonds. The fourth-order valence-corrected chi connectivity index (χ4v) is 1.46. The maximum absolute atomic E-state index is 4.39. The number of hydrogen-bond donors (Lipinski definition) is 2. The Kier molecular flexibility index (Phi) is 3.65. The lowest BCUT2D eigenvalue weighted by atomic mass is 10.1. The Bertz CT molecular complexity index is 351. The number of aromatic nitrogens is 2. The van der Waals surface area contributed by atoms with E-state index in [-0.39, 0.29) is 11.1 Å². The highest BCUT2D eigenvalue weighted by Gasteiger charge is 2.14. The van der Waals surface area contributed by atoms with Crippen LogP contribution in [0.1, 0.15) is 47.4 Å². The minimum Gasteiger partial charge on any atom is -0.365 e. The van der Waals surface area contributed by atoms with Gasteiger partial charge in [0.05, 0.1) is 0 Å². The molecule has 0 fully saturated rings. The molecule has 1 rings (SSSR count). The third-order valence-corrected chi connectivity index (χ3v) is 1.84. The molecule has 0 aliphatic heterocycles. The molecule has 4 heteroatoms. The smallest absolute Gasteiger partial charge is 0.132 e. The van der Waals surface area contributed by atoms with E-state index < -0.39 is 0 Å². The first-order valence-corrected chi connectivity index (χ1v) is 5.97. The van der Waals surface area contributed by atoms with Gasteiger partial charge in [0.2, 0.25) is 0 Å². The molecule has 1 aromatic rings. The maximum Gasteiger partial charge on any atom is 0.132 e. The summed E-state index contributed by atoms with van der Waals surface area (Å²) < 4.78 is 0. The average molecular weight is 236 g/mol. The van der Waals surface area contributed by atoms with Crippen molar-refractivity contribution in [3.8, 4) is 0 Å². The van der Waals surface area contributed by atoms with E-state index in [0.29, 0.717) is 0 Å². The summed E-state index contributed by atoms with van der Waals surface area (Å²) in [5, 5.41) is 6.71. The van der Waals surface area contributed by atoms with Crippen molar-refractivity contribution in [1.82, 2.24) is 9.97 Å². The zero-order valence-corrected chi connectivity index (χ0v) is 12.0. The largest absolute Gasteiger partial charge is 0.365 e. The molecule has 4 nitrogen and oxygen atoms in total. The van der Waals surface area contributed by atoms with Gasteiger partial charge in [-0.1, -0.05) is 0 Å². The summed E-state index contributed by atoms with van der Waals surface area (Å²) in [6, 6.07) is 1.95. The Morgan fingerprint density at radius 3 is 1.47 bits per heavy atom. The fraction of sp³-hybridized carbons (Fsp3) is 0.692. The van der Waals surface area contributed by atoms with Gasteiger partial charge < -0.3 is 10.6 Å².